The molecule has 3 unspecified atom stereocenters. The van der Waals surface area contributed by atoms with Crippen molar-refractivity contribution in [3.05, 3.63) is 35.4 Å². The van der Waals surface area contributed by atoms with E-state index in [2.05, 4.69) is 37.8 Å². The van der Waals surface area contributed by atoms with Gasteiger partial charge >= 0.3 is 0 Å². The highest BCUT2D eigenvalue weighted by atomic mass is 16.5. The first kappa shape index (κ1) is 14.5. The third-order valence-corrected chi connectivity index (χ3v) is 3.92. The van der Waals surface area contributed by atoms with Gasteiger partial charge in [0.25, 0.3) is 0 Å². The van der Waals surface area contributed by atoms with Crippen LogP contribution in [0.2, 0.25) is 0 Å². The summed E-state index contributed by atoms with van der Waals surface area (Å²) in [4.78, 5) is 2.31. The van der Waals surface area contributed by atoms with E-state index in [9.17, 15) is 5.11 Å². The topological polar surface area (TPSA) is 32.7 Å². The fourth-order valence-corrected chi connectivity index (χ4v) is 2.53. The number of benzene rings is 1. The van der Waals surface area contributed by atoms with E-state index in [-0.39, 0.29) is 6.10 Å². The Morgan fingerprint density at radius 2 is 2.00 bits per heavy atom. The van der Waals surface area contributed by atoms with E-state index in [1.165, 1.54) is 5.56 Å². The maximum absolute atomic E-state index is 10.4. The van der Waals surface area contributed by atoms with E-state index in [0.717, 1.165) is 25.1 Å². The van der Waals surface area contributed by atoms with Crippen LogP contribution in [0.4, 0.5) is 0 Å². The molecule has 0 amide bonds. The Balaban J connectivity index is 1.97. The smallest absolute Gasteiger partial charge is 0.0917 e. The van der Waals surface area contributed by atoms with Gasteiger partial charge in [-0.05, 0) is 31.4 Å². The van der Waals surface area contributed by atoms with Crippen molar-refractivity contribution < 1.29 is 9.84 Å². The Kier molecular flexibility index (Phi) is 4.97. The monoisotopic (exact) mass is 263 g/mol. The molecule has 106 valence electrons. The standard InChI is InChI=1S/C16H25NO2/c1-4-14-5-7-15(8-6-14)16(18)10-17-9-13(3)19-11-12(17)2/h5-8,12-13,16,18H,4,9-11H2,1-3H3. The van der Waals surface area contributed by atoms with Gasteiger partial charge in [0.2, 0.25) is 0 Å². The van der Waals surface area contributed by atoms with Crippen molar-refractivity contribution in [1.82, 2.24) is 4.90 Å². The fourth-order valence-electron chi connectivity index (χ4n) is 2.53. The van der Waals surface area contributed by atoms with Gasteiger partial charge < -0.3 is 9.84 Å². The summed E-state index contributed by atoms with van der Waals surface area (Å²) in [6.07, 6.45) is 0.874. The summed E-state index contributed by atoms with van der Waals surface area (Å²) in [5.74, 6) is 0. The zero-order valence-corrected chi connectivity index (χ0v) is 12.2. The lowest BCUT2D eigenvalue weighted by molar-refractivity contribution is -0.0619. The van der Waals surface area contributed by atoms with Crippen molar-refractivity contribution in [2.45, 2.75) is 45.4 Å². The molecule has 3 nitrogen and oxygen atoms in total. The number of morpholine rings is 1. The second-order valence-electron chi connectivity index (χ2n) is 5.56. The summed E-state index contributed by atoms with van der Waals surface area (Å²) in [6.45, 7) is 8.70. The largest absolute Gasteiger partial charge is 0.387 e. The Bertz CT molecular complexity index is 390. The summed E-state index contributed by atoms with van der Waals surface area (Å²) in [5.41, 5.74) is 2.31. The maximum Gasteiger partial charge on any atom is 0.0917 e. The molecule has 3 heteroatoms. The van der Waals surface area contributed by atoms with E-state index < -0.39 is 6.10 Å². The van der Waals surface area contributed by atoms with Crippen molar-refractivity contribution in [3.8, 4) is 0 Å². The van der Waals surface area contributed by atoms with E-state index in [1.807, 2.05) is 12.1 Å². The van der Waals surface area contributed by atoms with Crippen LogP contribution in [0.25, 0.3) is 0 Å². The molecule has 1 fully saturated rings. The lowest BCUT2D eigenvalue weighted by atomic mass is 10.0. The molecule has 1 aromatic carbocycles. The van der Waals surface area contributed by atoms with Gasteiger partial charge in [-0.1, -0.05) is 31.2 Å². The number of hydrogen-bond acceptors (Lipinski definition) is 3. The molecule has 1 aliphatic heterocycles. The normalized spacial score (nSPS) is 26.3. The van der Waals surface area contributed by atoms with Crippen LogP contribution >= 0.6 is 0 Å². The molecule has 1 aromatic rings. The minimum atomic E-state index is -0.418. The van der Waals surface area contributed by atoms with E-state index in [4.69, 9.17) is 4.74 Å². The zero-order chi connectivity index (χ0) is 13.8. The number of aryl methyl sites for hydroxylation is 1. The third kappa shape index (κ3) is 3.78. The first-order valence-corrected chi connectivity index (χ1v) is 7.22. The van der Waals surface area contributed by atoms with Crippen LogP contribution in [0.5, 0.6) is 0 Å². The summed E-state index contributed by atoms with van der Waals surface area (Å²) in [5, 5.41) is 10.4. The number of rotatable bonds is 4. The quantitative estimate of drug-likeness (QED) is 0.905. The highest BCUT2D eigenvalue weighted by Gasteiger charge is 2.25. The minimum absolute atomic E-state index is 0.255. The molecule has 0 bridgehead atoms. The van der Waals surface area contributed by atoms with Crippen LogP contribution in [0.15, 0.2) is 24.3 Å². The van der Waals surface area contributed by atoms with Crippen molar-refractivity contribution in [2.24, 2.45) is 0 Å². The first-order chi connectivity index (χ1) is 9.10. The average molecular weight is 263 g/mol. The molecule has 0 aromatic heterocycles. The lowest BCUT2D eigenvalue weighted by Gasteiger charge is -2.37. The summed E-state index contributed by atoms with van der Waals surface area (Å²) in [7, 11) is 0. The third-order valence-electron chi connectivity index (χ3n) is 3.92. The second kappa shape index (κ2) is 6.51. The molecule has 1 saturated heterocycles. The minimum Gasteiger partial charge on any atom is -0.387 e. The average Bonchev–Trinajstić information content (AvgIpc) is 2.43. The second-order valence-corrected chi connectivity index (χ2v) is 5.56. The lowest BCUT2D eigenvalue weighted by Crippen LogP contribution is -2.48. The van der Waals surface area contributed by atoms with Gasteiger partial charge in [0.05, 0.1) is 18.8 Å². The highest BCUT2D eigenvalue weighted by molar-refractivity contribution is 5.24. The molecular formula is C16H25NO2. The molecule has 1 aliphatic rings. The molecule has 0 spiro atoms. The molecular weight excluding hydrogens is 238 g/mol. The predicted molar refractivity (Wildman–Crippen MR) is 77.2 cm³/mol. The number of aliphatic hydroxyl groups is 1. The van der Waals surface area contributed by atoms with Crippen LogP contribution in [0.1, 0.15) is 38.0 Å². The van der Waals surface area contributed by atoms with Gasteiger partial charge in [0, 0.05) is 19.1 Å². The molecule has 19 heavy (non-hydrogen) atoms. The van der Waals surface area contributed by atoms with Crippen molar-refractivity contribution in [1.29, 1.82) is 0 Å². The van der Waals surface area contributed by atoms with Gasteiger partial charge in [-0.3, -0.25) is 4.90 Å². The summed E-state index contributed by atoms with van der Waals surface area (Å²) >= 11 is 0. The molecule has 2 rings (SSSR count). The van der Waals surface area contributed by atoms with E-state index >= 15 is 0 Å². The van der Waals surface area contributed by atoms with Crippen molar-refractivity contribution in [3.63, 3.8) is 0 Å². The number of hydrogen-bond donors (Lipinski definition) is 1. The van der Waals surface area contributed by atoms with Crippen LogP contribution in [0.3, 0.4) is 0 Å². The number of ether oxygens (including phenoxy) is 1. The van der Waals surface area contributed by atoms with Crippen LogP contribution in [-0.4, -0.2) is 41.8 Å². The Hall–Kier alpha value is -0.900. The van der Waals surface area contributed by atoms with Gasteiger partial charge in [0.15, 0.2) is 0 Å². The Morgan fingerprint density at radius 3 is 2.63 bits per heavy atom. The SMILES string of the molecule is CCc1ccc(C(O)CN2CC(C)OCC2C)cc1. The molecule has 0 aliphatic carbocycles. The van der Waals surface area contributed by atoms with Gasteiger partial charge in [-0.15, -0.1) is 0 Å². The Labute approximate surface area is 116 Å². The molecule has 3 atom stereocenters. The maximum atomic E-state index is 10.4. The first-order valence-electron chi connectivity index (χ1n) is 7.22. The highest BCUT2D eigenvalue weighted by Crippen LogP contribution is 2.19. The summed E-state index contributed by atoms with van der Waals surface area (Å²) < 4.78 is 5.61. The van der Waals surface area contributed by atoms with Crippen LogP contribution in [-0.2, 0) is 11.2 Å². The molecule has 1 N–H and O–H groups in total. The van der Waals surface area contributed by atoms with Gasteiger partial charge in [-0.2, -0.15) is 0 Å². The van der Waals surface area contributed by atoms with E-state index in [0.29, 0.717) is 12.6 Å². The van der Waals surface area contributed by atoms with Crippen molar-refractivity contribution in [2.75, 3.05) is 19.7 Å². The summed E-state index contributed by atoms with van der Waals surface area (Å²) in [6, 6.07) is 8.66. The van der Waals surface area contributed by atoms with Crippen LogP contribution in [0, 0.1) is 0 Å². The molecule has 0 saturated carbocycles. The van der Waals surface area contributed by atoms with Crippen molar-refractivity contribution >= 4 is 0 Å². The predicted octanol–water partition coefficient (Wildman–Crippen LogP) is 2.39. The molecule has 0 radical (unpaired) electrons. The van der Waals surface area contributed by atoms with Crippen LogP contribution < -0.4 is 0 Å². The fraction of sp³-hybridized carbons (Fsp3) is 0.625. The Morgan fingerprint density at radius 1 is 1.32 bits per heavy atom. The van der Waals surface area contributed by atoms with Gasteiger partial charge in [0.1, 0.15) is 0 Å². The zero-order valence-electron chi connectivity index (χ0n) is 12.2. The number of β-amino-alcohol motifs (C(OH)–C–C–N with tert-alkyl or cyclic N) is 1. The van der Waals surface area contributed by atoms with E-state index in [1.54, 1.807) is 0 Å². The van der Waals surface area contributed by atoms with Gasteiger partial charge in [-0.25, -0.2) is 0 Å². The molecule has 1 heterocycles. The number of nitrogens with zero attached hydrogens (tertiary/aromatic N) is 1. The number of aliphatic hydroxyl groups excluding tert-OH is 1.